The molecule has 5 aromatic rings. The van der Waals surface area contributed by atoms with E-state index in [0.717, 1.165) is 11.0 Å². The number of fused-ring (bicyclic) bond motifs is 3. The number of nitrogens with zero attached hydrogens (tertiary/aromatic N) is 2. The quantitative estimate of drug-likeness (QED) is 0.231. The molecule has 38 heavy (non-hydrogen) atoms. The molecule has 4 atom stereocenters. The molecule has 0 radical (unpaired) electrons. The van der Waals surface area contributed by atoms with Crippen molar-refractivity contribution in [1.29, 1.82) is 0 Å². The first-order valence-electron chi connectivity index (χ1n) is 14.6. The van der Waals surface area contributed by atoms with Crippen molar-refractivity contribution in [3.8, 4) is 22.3 Å². The Morgan fingerprint density at radius 1 is 0.526 bits per heavy atom. The molecule has 0 bridgehead atoms. The fourth-order valence-corrected chi connectivity index (χ4v) is 7.28. The lowest BCUT2D eigenvalue weighted by molar-refractivity contribution is 0.523. The number of benzene rings is 3. The van der Waals surface area contributed by atoms with E-state index in [0.29, 0.717) is 23.7 Å². The van der Waals surface area contributed by atoms with Crippen LogP contribution in [0.5, 0.6) is 0 Å². The number of aromatic nitrogens is 2. The summed E-state index contributed by atoms with van der Waals surface area (Å²) in [5, 5.41) is 2.42. The fourth-order valence-electron chi connectivity index (χ4n) is 7.28. The summed E-state index contributed by atoms with van der Waals surface area (Å²) in [6.07, 6.45) is 7.63. The van der Waals surface area contributed by atoms with Crippen LogP contribution in [0.4, 0.5) is 0 Å². The van der Waals surface area contributed by atoms with Crippen molar-refractivity contribution in [3.63, 3.8) is 0 Å². The topological polar surface area (TPSA) is 25.8 Å². The molecule has 0 N–H and O–H groups in total. The number of rotatable bonds is 4. The Hall–Kier alpha value is -3.52. The molecule has 0 spiro atoms. The Morgan fingerprint density at radius 3 is 1.32 bits per heavy atom. The SMILES string of the molecule is CC1CCCC1c1cc(-c2ccccc2)c2ccc3c(-c4ccccc4)cc(C4CCCC4C)nc3c2n1. The van der Waals surface area contributed by atoms with E-state index in [9.17, 15) is 0 Å². The van der Waals surface area contributed by atoms with Gasteiger partial charge in [0.15, 0.2) is 0 Å². The minimum atomic E-state index is 0.517. The average molecular weight is 497 g/mol. The van der Waals surface area contributed by atoms with Gasteiger partial charge in [-0.3, -0.25) is 9.97 Å². The van der Waals surface area contributed by atoms with Gasteiger partial charge in [-0.2, -0.15) is 0 Å². The lowest BCUT2D eigenvalue weighted by Gasteiger charge is -2.21. The van der Waals surface area contributed by atoms with Crippen LogP contribution in [-0.4, -0.2) is 9.97 Å². The van der Waals surface area contributed by atoms with Gasteiger partial charge in [-0.25, -0.2) is 0 Å². The van der Waals surface area contributed by atoms with Crippen molar-refractivity contribution in [1.82, 2.24) is 9.97 Å². The van der Waals surface area contributed by atoms with Crippen molar-refractivity contribution < 1.29 is 0 Å². The van der Waals surface area contributed by atoms with Crippen LogP contribution < -0.4 is 0 Å². The van der Waals surface area contributed by atoms with Gasteiger partial charge in [0.1, 0.15) is 0 Å². The first-order chi connectivity index (χ1) is 18.7. The molecule has 2 heteroatoms. The number of pyridine rings is 2. The lowest BCUT2D eigenvalue weighted by atomic mass is 9.88. The van der Waals surface area contributed by atoms with E-state index in [1.165, 1.54) is 82.9 Å². The van der Waals surface area contributed by atoms with Crippen LogP contribution in [0.15, 0.2) is 84.9 Å². The molecule has 2 aliphatic rings. The Balaban J connectivity index is 1.56. The van der Waals surface area contributed by atoms with Crippen LogP contribution >= 0.6 is 0 Å². The highest BCUT2D eigenvalue weighted by Crippen LogP contribution is 2.44. The zero-order chi connectivity index (χ0) is 25.6. The van der Waals surface area contributed by atoms with E-state index in [-0.39, 0.29) is 0 Å². The maximum Gasteiger partial charge on any atom is 0.0974 e. The van der Waals surface area contributed by atoms with E-state index >= 15 is 0 Å². The summed E-state index contributed by atoms with van der Waals surface area (Å²) in [5.74, 6) is 2.37. The summed E-state index contributed by atoms with van der Waals surface area (Å²) in [7, 11) is 0. The van der Waals surface area contributed by atoms with Crippen molar-refractivity contribution >= 4 is 21.8 Å². The second-order valence-corrected chi connectivity index (χ2v) is 11.8. The molecule has 2 nitrogen and oxygen atoms in total. The van der Waals surface area contributed by atoms with Gasteiger partial charge in [0.2, 0.25) is 0 Å². The highest BCUT2D eigenvalue weighted by Gasteiger charge is 2.29. The molecule has 3 aromatic carbocycles. The van der Waals surface area contributed by atoms with Crippen LogP contribution in [0.25, 0.3) is 44.1 Å². The standard InChI is InChI=1S/C36H36N2/c1-23-11-9-17-27(23)33-21-31(25-13-5-3-6-14-25)29-19-20-30-32(26-15-7-4-8-16-26)22-34(28-18-10-12-24(28)2)38-36(30)35(29)37-33/h3-8,13-16,19-24,27-28H,9-12,17-18H2,1-2H3. The van der Waals surface area contributed by atoms with Crippen LogP contribution in [0.1, 0.15) is 75.6 Å². The van der Waals surface area contributed by atoms with Crippen molar-refractivity contribution in [2.75, 3.05) is 0 Å². The Bertz CT molecular complexity index is 1480. The van der Waals surface area contributed by atoms with E-state index in [2.05, 4.69) is 98.8 Å². The van der Waals surface area contributed by atoms with Gasteiger partial charge in [-0.05, 0) is 59.1 Å². The van der Waals surface area contributed by atoms with Gasteiger partial charge in [0.05, 0.1) is 11.0 Å². The van der Waals surface area contributed by atoms with Gasteiger partial charge in [-0.15, -0.1) is 0 Å². The zero-order valence-corrected chi connectivity index (χ0v) is 22.5. The average Bonchev–Trinajstić information content (AvgIpc) is 3.60. The maximum atomic E-state index is 5.48. The predicted molar refractivity (Wildman–Crippen MR) is 159 cm³/mol. The van der Waals surface area contributed by atoms with Gasteiger partial charge in [0.25, 0.3) is 0 Å². The van der Waals surface area contributed by atoms with E-state index in [1.54, 1.807) is 0 Å². The third-order valence-electron chi connectivity index (χ3n) is 9.45. The number of hydrogen-bond donors (Lipinski definition) is 0. The summed E-state index contributed by atoms with van der Waals surface area (Å²) in [4.78, 5) is 11.0. The second kappa shape index (κ2) is 9.66. The molecule has 0 aliphatic heterocycles. The fraction of sp³-hybridized carbons (Fsp3) is 0.333. The molecular weight excluding hydrogens is 460 g/mol. The normalized spacial score (nSPS) is 23.4. The lowest BCUT2D eigenvalue weighted by Crippen LogP contribution is -2.07. The highest BCUT2D eigenvalue weighted by atomic mass is 14.8. The van der Waals surface area contributed by atoms with E-state index in [1.807, 2.05) is 0 Å². The molecule has 7 rings (SSSR count). The van der Waals surface area contributed by atoms with Crippen molar-refractivity contribution in [2.24, 2.45) is 11.8 Å². The molecule has 2 fully saturated rings. The Labute approximate surface area is 226 Å². The van der Waals surface area contributed by atoms with Gasteiger partial charge in [-0.1, -0.05) is 112 Å². The van der Waals surface area contributed by atoms with E-state index < -0.39 is 0 Å². The van der Waals surface area contributed by atoms with Crippen molar-refractivity contribution in [2.45, 2.75) is 64.2 Å². The summed E-state index contributed by atoms with van der Waals surface area (Å²) in [6.45, 7) is 4.81. The summed E-state index contributed by atoms with van der Waals surface area (Å²) in [6, 6.07) is 31.1. The third-order valence-corrected chi connectivity index (χ3v) is 9.45. The Morgan fingerprint density at radius 2 is 0.947 bits per heavy atom. The smallest absolute Gasteiger partial charge is 0.0974 e. The van der Waals surface area contributed by atoms with Gasteiger partial charge in [0, 0.05) is 34.0 Å². The van der Waals surface area contributed by atoms with E-state index in [4.69, 9.17) is 9.97 Å². The minimum Gasteiger partial charge on any atom is -0.250 e. The monoisotopic (exact) mass is 496 g/mol. The van der Waals surface area contributed by atoms with Crippen LogP contribution in [0.2, 0.25) is 0 Å². The molecule has 0 saturated heterocycles. The second-order valence-electron chi connectivity index (χ2n) is 11.8. The summed E-state index contributed by atoms with van der Waals surface area (Å²) in [5.41, 5.74) is 9.73. The molecule has 2 heterocycles. The van der Waals surface area contributed by atoms with Gasteiger partial charge >= 0.3 is 0 Å². The van der Waals surface area contributed by atoms with Crippen LogP contribution in [-0.2, 0) is 0 Å². The van der Waals surface area contributed by atoms with Gasteiger partial charge < -0.3 is 0 Å². The minimum absolute atomic E-state index is 0.517. The zero-order valence-electron chi connectivity index (χ0n) is 22.5. The highest BCUT2D eigenvalue weighted by molar-refractivity contribution is 6.12. The molecule has 0 amide bonds. The maximum absolute atomic E-state index is 5.48. The largest absolute Gasteiger partial charge is 0.250 e. The molecule has 2 aliphatic carbocycles. The molecule has 2 saturated carbocycles. The summed E-state index contributed by atoms with van der Waals surface area (Å²) < 4.78 is 0. The molecule has 2 aromatic heterocycles. The van der Waals surface area contributed by atoms with Crippen molar-refractivity contribution in [3.05, 3.63) is 96.3 Å². The molecule has 4 unspecified atom stereocenters. The Kier molecular flexibility index (Phi) is 5.99. The van der Waals surface area contributed by atoms with Crippen LogP contribution in [0.3, 0.4) is 0 Å². The first kappa shape index (κ1) is 23.6. The van der Waals surface area contributed by atoms with Crippen LogP contribution in [0, 0.1) is 11.8 Å². The predicted octanol–water partition coefficient (Wildman–Crippen LogP) is 9.92. The first-order valence-corrected chi connectivity index (χ1v) is 14.6. The summed E-state index contributed by atoms with van der Waals surface area (Å²) >= 11 is 0. The molecular formula is C36H36N2. The third kappa shape index (κ3) is 4.02. The number of hydrogen-bond acceptors (Lipinski definition) is 2. The molecule has 190 valence electrons.